The molecule has 6 nitrogen and oxygen atoms in total. The predicted octanol–water partition coefficient (Wildman–Crippen LogP) is 1.02. The molecular weight excluding hydrogens is 222 g/mol. The van der Waals surface area contributed by atoms with Gasteiger partial charge in [0.05, 0.1) is 7.11 Å². The Kier molecular flexibility index (Phi) is 5.35. The molecule has 0 saturated heterocycles. The van der Waals surface area contributed by atoms with Crippen molar-refractivity contribution in [1.29, 1.82) is 0 Å². The largest absolute Gasteiger partial charge is 0.463 e. The van der Waals surface area contributed by atoms with Crippen molar-refractivity contribution in [2.24, 2.45) is 0 Å². The fraction of sp³-hybridized carbons (Fsp3) is 0.545. The van der Waals surface area contributed by atoms with Gasteiger partial charge < -0.3 is 14.8 Å². The molecule has 0 unspecified atom stereocenters. The van der Waals surface area contributed by atoms with Gasteiger partial charge in [0.1, 0.15) is 5.82 Å². The van der Waals surface area contributed by atoms with Crippen molar-refractivity contribution in [2.75, 3.05) is 32.7 Å². The second-order valence-corrected chi connectivity index (χ2v) is 3.48. The normalized spacial score (nSPS) is 10.1. The number of methoxy groups -OCH3 is 2. The van der Waals surface area contributed by atoms with Gasteiger partial charge in [0.15, 0.2) is 0 Å². The van der Waals surface area contributed by atoms with Crippen molar-refractivity contribution in [3.8, 4) is 0 Å². The van der Waals surface area contributed by atoms with Crippen LogP contribution in [-0.4, -0.2) is 43.3 Å². The van der Waals surface area contributed by atoms with Gasteiger partial charge in [0, 0.05) is 32.0 Å². The van der Waals surface area contributed by atoms with E-state index in [1.165, 1.54) is 7.11 Å². The zero-order valence-corrected chi connectivity index (χ0v) is 10.3. The Hall–Kier alpha value is -1.69. The summed E-state index contributed by atoms with van der Waals surface area (Å²) in [5.41, 5.74) is 0.717. The Balaban J connectivity index is 2.65. The number of carbonyl (C=O) groups is 1. The molecule has 0 atom stereocenters. The van der Waals surface area contributed by atoms with Gasteiger partial charge in [-0.15, -0.1) is 0 Å². The third-order valence-corrected chi connectivity index (χ3v) is 2.05. The number of anilines is 1. The summed E-state index contributed by atoms with van der Waals surface area (Å²) in [6, 6.07) is 1.78. The molecule has 0 radical (unpaired) electrons. The number of hydrogen-bond donors (Lipinski definition) is 1. The number of rotatable bonds is 6. The van der Waals surface area contributed by atoms with Gasteiger partial charge in [0.25, 0.3) is 0 Å². The van der Waals surface area contributed by atoms with E-state index in [0.717, 1.165) is 18.7 Å². The lowest BCUT2D eigenvalue weighted by molar-refractivity contribution is 0.0586. The van der Waals surface area contributed by atoms with E-state index in [1.807, 2.05) is 0 Å². The molecule has 0 amide bonds. The monoisotopic (exact) mass is 239 g/mol. The number of aryl methyl sites for hydroxylation is 1. The van der Waals surface area contributed by atoms with Crippen molar-refractivity contribution in [2.45, 2.75) is 13.3 Å². The molecule has 1 aromatic heterocycles. The van der Waals surface area contributed by atoms with Crippen molar-refractivity contribution >= 4 is 11.8 Å². The van der Waals surface area contributed by atoms with Gasteiger partial charge in [-0.2, -0.15) is 0 Å². The molecule has 1 heterocycles. The topological polar surface area (TPSA) is 73.3 Å². The first-order chi connectivity index (χ1) is 8.17. The minimum atomic E-state index is -0.534. The molecule has 0 saturated carbocycles. The lowest BCUT2D eigenvalue weighted by Crippen LogP contribution is -2.12. The molecule has 6 heteroatoms. The van der Waals surface area contributed by atoms with E-state index in [0.29, 0.717) is 12.4 Å². The van der Waals surface area contributed by atoms with Crippen LogP contribution in [0.25, 0.3) is 0 Å². The lowest BCUT2D eigenvalue weighted by atomic mass is 10.4. The number of aromatic nitrogens is 2. The van der Waals surface area contributed by atoms with Gasteiger partial charge in [-0.3, -0.25) is 0 Å². The highest BCUT2D eigenvalue weighted by Gasteiger charge is 2.10. The van der Waals surface area contributed by atoms with E-state index in [-0.39, 0.29) is 5.82 Å². The maximum atomic E-state index is 11.3. The molecule has 1 N–H and O–H groups in total. The van der Waals surface area contributed by atoms with Crippen LogP contribution in [-0.2, 0) is 9.47 Å². The highest BCUT2D eigenvalue weighted by Crippen LogP contribution is 2.07. The van der Waals surface area contributed by atoms with Crippen LogP contribution < -0.4 is 5.32 Å². The smallest absolute Gasteiger partial charge is 0.376 e. The maximum absolute atomic E-state index is 11.3. The van der Waals surface area contributed by atoms with Crippen molar-refractivity contribution in [3.63, 3.8) is 0 Å². The Morgan fingerprint density at radius 3 is 2.82 bits per heavy atom. The molecule has 17 heavy (non-hydrogen) atoms. The average molecular weight is 239 g/mol. The zero-order valence-electron chi connectivity index (χ0n) is 10.3. The standard InChI is InChI=1S/C11H17N3O3/c1-8-7-9(12-5-4-6-16-2)14-10(13-8)11(15)17-3/h7H,4-6H2,1-3H3,(H,12,13,14). The summed E-state index contributed by atoms with van der Waals surface area (Å²) in [7, 11) is 2.96. The fourth-order valence-electron chi connectivity index (χ4n) is 1.27. The molecule has 1 aromatic rings. The quantitative estimate of drug-likeness (QED) is 0.590. The SMILES string of the molecule is COCCCNc1cc(C)nc(C(=O)OC)n1. The molecule has 0 aromatic carbocycles. The van der Waals surface area contributed by atoms with Gasteiger partial charge in [-0.25, -0.2) is 14.8 Å². The highest BCUT2D eigenvalue weighted by molar-refractivity contribution is 5.85. The summed E-state index contributed by atoms with van der Waals surface area (Å²) in [5.74, 6) is 0.157. The minimum absolute atomic E-state index is 0.0711. The van der Waals surface area contributed by atoms with Crippen LogP contribution in [0.2, 0.25) is 0 Å². The number of esters is 1. The van der Waals surface area contributed by atoms with Crippen LogP contribution in [0.1, 0.15) is 22.7 Å². The van der Waals surface area contributed by atoms with E-state index >= 15 is 0 Å². The van der Waals surface area contributed by atoms with Crippen LogP contribution in [0.15, 0.2) is 6.07 Å². The summed E-state index contributed by atoms with van der Waals surface area (Å²) in [5, 5.41) is 3.10. The third-order valence-electron chi connectivity index (χ3n) is 2.05. The average Bonchev–Trinajstić information content (AvgIpc) is 2.33. The molecule has 0 bridgehead atoms. The fourth-order valence-corrected chi connectivity index (χ4v) is 1.27. The number of nitrogens with one attached hydrogen (secondary N) is 1. The Bertz CT molecular complexity index is 382. The molecule has 0 aliphatic heterocycles. The van der Waals surface area contributed by atoms with E-state index in [1.54, 1.807) is 20.1 Å². The number of hydrogen-bond acceptors (Lipinski definition) is 6. The van der Waals surface area contributed by atoms with Crippen LogP contribution >= 0.6 is 0 Å². The summed E-state index contributed by atoms with van der Waals surface area (Å²) in [4.78, 5) is 19.4. The molecule has 0 fully saturated rings. The van der Waals surface area contributed by atoms with Crippen LogP contribution in [0.3, 0.4) is 0 Å². The van der Waals surface area contributed by atoms with Gasteiger partial charge in [-0.1, -0.05) is 0 Å². The van der Waals surface area contributed by atoms with Crippen LogP contribution in [0.4, 0.5) is 5.82 Å². The van der Waals surface area contributed by atoms with Gasteiger partial charge >= 0.3 is 5.97 Å². The second-order valence-electron chi connectivity index (χ2n) is 3.48. The van der Waals surface area contributed by atoms with Crippen LogP contribution in [0.5, 0.6) is 0 Å². The van der Waals surface area contributed by atoms with Crippen LogP contribution in [0, 0.1) is 6.92 Å². The Morgan fingerprint density at radius 1 is 1.41 bits per heavy atom. The van der Waals surface area contributed by atoms with E-state index < -0.39 is 5.97 Å². The molecule has 0 aliphatic rings. The number of nitrogens with zero attached hydrogens (tertiary/aromatic N) is 2. The molecular formula is C11H17N3O3. The summed E-state index contributed by atoms with van der Waals surface area (Å²) >= 11 is 0. The third kappa shape index (κ3) is 4.36. The summed E-state index contributed by atoms with van der Waals surface area (Å²) in [6.45, 7) is 3.21. The summed E-state index contributed by atoms with van der Waals surface area (Å²) in [6.07, 6.45) is 0.868. The predicted molar refractivity (Wildman–Crippen MR) is 63.1 cm³/mol. The molecule has 1 rings (SSSR count). The number of carbonyl (C=O) groups excluding carboxylic acids is 1. The lowest BCUT2D eigenvalue weighted by Gasteiger charge is -2.07. The Morgan fingerprint density at radius 2 is 2.18 bits per heavy atom. The Labute approximate surface area is 100 Å². The van der Waals surface area contributed by atoms with Crippen molar-refractivity contribution < 1.29 is 14.3 Å². The van der Waals surface area contributed by atoms with E-state index in [2.05, 4.69) is 20.0 Å². The first-order valence-corrected chi connectivity index (χ1v) is 5.34. The highest BCUT2D eigenvalue weighted by atomic mass is 16.5. The zero-order chi connectivity index (χ0) is 12.7. The van der Waals surface area contributed by atoms with Gasteiger partial charge in [-0.05, 0) is 13.3 Å². The van der Waals surface area contributed by atoms with Crippen molar-refractivity contribution in [3.05, 3.63) is 17.6 Å². The molecule has 94 valence electrons. The van der Waals surface area contributed by atoms with E-state index in [9.17, 15) is 4.79 Å². The summed E-state index contributed by atoms with van der Waals surface area (Å²) < 4.78 is 9.51. The van der Waals surface area contributed by atoms with Crippen molar-refractivity contribution in [1.82, 2.24) is 9.97 Å². The maximum Gasteiger partial charge on any atom is 0.376 e. The first-order valence-electron chi connectivity index (χ1n) is 5.34. The minimum Gasteiger partial charge on any atom is -0.463 e. The number of ether oxygens (including phenoxy) is 2. The van der Waals surface area contributed by atoms with E-state index in [4.69, 9.17) is 4.74 Å². The van der Waals surface area contributed by atoms with Gasteiger partial charge in [0.2, 0.25) is 5.82 Å². The first kappa shape index (κ1) is 13.4. The second kappa shape index (κ2) is 6.80. The molecule has 0 spiro atoms. The molecule has 0 aliphatic carbocycles.